The molecule has 72 valence electrons. The Morgan fingerprint density at radius 2 is 2.29 bits per heavy atom. The Morgan fingerprint density at radius 1 is 1.43 bits per heavy atom. The van der Waals surface area contributed by atoms with Crippen LogP contribution >= 0.6 is 34.7 Å². The summed E-state index contributed by atoms with van der Waals surface area (Å²) in [5.41, 5.74) is 5.58. The van der Waals surface area contributed by atoms with Gasteiger partial charge < -0.3 is 5.73 Å². The fourth-order valence-electron chi connectivity index (χ4n) is 0.948. The van der Waals surface area contributed by atoms with Crippen LogP contribution in [0.3, 0.4) is 0 Å². The first-order chi connectivity index (χ1) is 6.74. The van der Waals surface area contributed by atoms with Crippen LogP contribution in [-0.2, 0) is 0 Å². The first-order valence-corrected chi connectivity index (χ1v) is 5.90. The second kappa shape index (κ2) is 4.21. The molecule has 0 aliphatic heterocycles. The van der Waals surface area contributed by atoms with Gasteiger partial charge in [-0.05, 0) is 18.2 Å². The van der Waals surface area contributed by atoms with E-state index in [0.29, 0.717) is 0 Å². The van der Waals surface area contributed by atoms with Crippen LogP contribution in [0.25, 0.3) is 0 Å². The topological polar surface area (TPSA) is 38.9 Å². The zero-order chi connectivity index (χ0) is 9.97. The second-order valence-corrected chi connectivity index (χ2v) is 5.41. The predicted molar refractivity (Wildman–Crippen MR) is 62.1 cm³/mol. The van der Waals surface area contributed by atoms with Crippen LogP contribution < -0.4 is 5.73 Å². The molecule has 0 fully saturated rings. The van der Waals surface area contributed by atoms with Crippen molar-refractivity contribution in [1.82, 2.24) is 4.98 Å². The van der Waals surface area contributed by atoms with Crippen molar-refractivity contribution in [2.24, 2.45) is 0 Å². The van der Waals surface area contributed by atoms with E-state index < -0.39 is 0 Å². The number of nitrogen functional groups attached to an aromatic ring is 1. The van der Waals surface area contributed by atoms with Gasteiger partial charge >= 0.3 is 0 Å². The number of benzene rings is 1. The molecule has 0 atom stereocenters. The third-order valence-corrected chi connectivity index (χ3v) is 3.63. The van der Waals surface area contributed by atoms with Gasteiger partial charge in [0.05, 0.1) is 6.20 Å². The van der Waals surface area contributed by atoms with Crippen molar-refractivity contribution < 1.29 is 0 Å². The standard InChI is InChI=1S/C9H7ClN2S2/c10-6-2-1-3-7(4-6)13-9-12-5-8(11)14-9/h1-5H,11H2. The number of hydrogen-bond donors (Lipinski definition) is 1. The molecule has 14 heavy (non-hydrogen) atoms. The third kappa shape index (κ3) is 2.41. The zero-order valence-electron chi connectivity index (χ0n) is 7.11. The van der Waals surface area contributed by atoms with Gasteiger partial charge in [0.1, 0.15) is 5.00 Å². The maximum absolute atomic E-state index is 5.86. The van der Waals surface area contributed by atoms with E-state index in [1.165, 1.54) is 11.3 Å². The predicted octanol–water partition coefficient (Wildman–Crippen LogP) is 3.53. The van der Waals surface area contributed by atoms with Gasteiger partial charge in [-0.2, -0.15) is 0 Å². The third-order valence-electron chi connectivity index (χ3n) is 1.50. The Bertz CT molecular complexity index is 442. The molecule has 2 nitrogen and oxygen atoms in total. The van der Waals surface area contributed by atoms with E-state index in [1.807, 2.05) is 24.3 Å². The molecule has 0 unspecified atom stereocenters. The van der Waals surface area contributed by atoms with Crippen molar-refractivity contribution in [1.29, 1.82) is 0 Å². The van der Waals surface area contributed by atoms with Gasteiger partial charge in [0.25, 0.3) is 0 Å². The molecular weight excluding hydrogens is 236 g/mol. The molecule has 0 aliphatic carbocycles. The zero-order valence-corrected chi connectivity index (χ0v) is 9.49. The quantitative estimate of drug-likeness (QED) is 0.876. The lowest BCUT2D eigenvalue weighted by Crippen LogP contribution is -1.73. The lowest BCUT2D eigenvalue weighted by atomic mass is 10.4. The monoisotopic (exact) mass is 242 g/mol. The Balaban J connectivity index is 2.18. The summed E-state index contributed by atoms with van der Waals surface area (Å²) in [6.07, 6.45) is 1.66. The van der Waals surface area contributed by atoms with Gasteiger partial charge in [-0.15, -0.1) is 0 Å². The van der Waals surface area contributed by atoms with Gasteiger partial charge in [-0.1, -0.05) is 40.8 Å². The molecule has 0 saturated heterocycles. The minimum atomic E-state index is 0.731. The highest BCUT2D eigenvalue weighted by molar-refractivity contribution is 8.01. The Hall–Kier alpha value is -0.710. The number of hydrogen-bond acceptors (Lipinski definition) is 4. The van der Waals surface area contributed by atoms with Gasteiger partial charge in [0, 0.05) is 9.92 Å². The van der Waals surface area contributed by atoms with Crippen LogP contribution in [-0.4, -0.2) is 4.98 Å². The highest BCUT2D eigenvalue weighted by atomic mass is 35.5. The van der Waals surface area contributed by atoms with E-state index in [9.17, 15) is 0 Å². The summed E-state index contributed by atoms with van der Waals surface area (Å²) < 4.78 is 0.935. The molecule has 0 amide bonds. The van der Waals surface area contributed by atoms with Gasteiger partial charge in [-0.25, -0.2) is 4.98 Å². The van der Waals surface area contributed by atoms with Crippen molar-refractivity contribution in [2.75, 3.05) is 5.73 Å². The van der Waals surface area contributed by atoms with Crippen molar-refractivity contribution in [3.8, 4) is 0 Å². The lowest BCUT2D eigenvalue weighted by Gasteiger charge is -1.96. The highest BCUT2D eigenvalue weighted by Crippen LogP contribution is 2.32. The lowest BCUT2D eigenvalue weighted by molar-refractivity contribution is 1.25. The molecule has 1 aromatic carbocycles. The molecule has 0 radical (unpaired) electrons. The number of rotatable bonds is 2. The van der Waals surface area contributed by atoms with Crippen LogP contribution in [0, 0.1) is 0 Å². The Kier molecular flexibility index (Phi) is 2.96. The Labute approximate surface area is 95.1 Å². The molecule has 1 aromatic heterocycles. The maximum atomic E-state index is 5.86. The first kappa shape index (κ1) is 9.83. The highest BCUT2D eigenvalue weighted by Gasteiger charge is 2.02. The summed E-state index contributed by atoms with van der Waals surface area (Å²) in [5, 5.41) is 1.47. The van der Waals surface area contributed by atoms with E-state index in [0.717, 1.165) is 19.3 Å². The number of nitrogens with two attached hydrogens (primary N) is 1. The molecule has 0 saturated carbocycles. The normalized spacial score (nSPS) is 10.4. The van der Waals surface area contributed by atoms with E-state index in [1.54, 1.807) is 18.0 Å². The van der Waals surface area contributed by atoms with Crippen LogP contribution in [0.2, 0.25) is 5.02 Å². The van der Waals surface area contributed by atoms with Crippen LogP contribution in [0.5, 0.6) is 0 Å². The van der Waals surface area contributed by atoms with Gasteiger partial charge in [0.2, 0.25) is 0 Å². The molecule has 0 bridgehead atoms. The molecule has 1 heterocycles. The smallest absolute Gasteiger partial charge is 0.156 e. The van der Waals surface area contributed by atoms with E-state index in [2.05, 4.69) is 4.98 Å². The Morgan fingerprint density at radius 3 is 2.93 bits per heavy atom. The largest absolute Gasteiger partial charge is 0.389 e. The summed E-state index contributed by atoms with van der Waals surface area (Å²) in [5.74, 6) is 0. The van der Waals surface area contributed by atoms with Crippen LogP contribution in [0.15, 0.2) is 39.7 Å². The minimum absolute atomic E-state index is 0.731. The average Bonchev–Trinajstić information content (AvgIpc) is 2.51. The van der Waals surface area contributed by atoms with Crippen molar-refractivity contribution in [3.63, 3.8) is 0 Å². The molecule has 5 heteroatoms. The van der Waals surface area contributed by atoms with Crippen molar-refractivity contribution >= 4 is 39.7 Å². The number of halogens is 1. The van der Waals surface area contributed by atoms with Gasteiger partial charge in [-0.3, -0.25) is 0 Å². The van der Waals surface area contributed by atoms with E-state index in [-0.39, 0.29) is 0 Å². The molecule has 2 rings (SSSR count). The van der Waals surface area contributed by atoms with Crippen LogP contribution in [0.1, 0.15) is 0 Å². The fraction of sp³-hybridized carbons (Fsp3) is 0. The SMILES string of the molecule is Nc1cnc(Sc2cccc(Cl)c2)s1. The molecule has 2 N–H and O–H groups in total. The molecule has 0 spiro atoms. The summed E-state index contributed by atoms with van der Waals surface area (Å²) in [6, 6.07) is 7.67. The minimum Gasteiger partial charge on any atom is -0.389 e. The van der Waals surface area contributed by atoms with Crippen LogP contribution in [0.4, 0.5) is 5.00 Å². The molecule has 0 aliphatic rings. The number of thiazole rings is 1. The summed E-state index contributed by atoms with van der Waals surface area (Å²) in [7, 11) is 0. The van der Waals surface area contributed by atoms with Crippen molar-refractivity contribution in [2.45, 2.75) is 9.24 Å². The second-order valence-electron chi connectivity index (χ2n) is 2.59. The first-order valence-electron chi connectivity index (χ1n) is 3.89. The van der Waals surface area contributed by atoms with E-state index >= 15 is 0 Å². The number of nitrogens with zero attached hydrogens (tertiary/aromatic N) is 1. The molecular formula is C9H7ClN2S2. The van der Waals surface area contributed by atoms with E-state index in [4.69, 9.17) is 17.3 Å². The fourth-order valence-corrected chi connectivity index (χ4v) is 3.00. The summed E-state index contributed by atoms with van der Waals surface area (Å²) >= 11 is 8.90. The number of anilines is 1. The molecule has 2 aromatic rings. The van der Waals surface area contributed by atoms with Gasteiger partial charge in [0.15, 0.2) is 4.34 Å². The maximum Gasteiger partial charge on any atom is 0.156 e. The average molecular weight is 243 g/mol. The van der Waals surface area contributed by atoms with Crippen molar-refractivity contribution in [3.05, 3.63) is 35.5 Å². The summed E-state index contributed by atoms with van der Waals surface area (Å²) in [6.45, 7) is 0. The summed E-state index contributed by atoms with van der Waals surface area (Å²) in [4.78, 5) is 5.23. The number of aromatic nitrogens is 1.